The van der Waals surface area contributed by atoms with Crippen LogP contribution >= 0.6 is 11.8 Å². The van der Waals surface area contributed by atoms with Gasteiger partial charge in [-0.25, -0.2) is 4.79 Å². The second-order valence-electron chi connectivity index (χ2n) is 8.00. The minimum atomic E-state index is -0.386. The Morgan fingerprint density at radius 1 is 1.03 bits per heavy atom. The summed E-state index contributed by atoms with van der Waals surface area (Å²) in [6, 6.07) is 22.3. The molecule has 0 aromatic heterocycles. The molecule has 1 N–H and O–H groups in total. The Balaban J connectivity index is 1.44. The number of hydrogen-bond donors (Lipinski definition) is 1. The van der Waals surface area contributed by atoms with Crippen molar-refractivity contribution in [3.63, 3.8) is 0 Å². The molecule has 174 valence electrons. The molecular formula is C27H26N2O4S. The van der Waals surface area contributed by atoms with Gasteiger partial charge in [0.05, 0.1) is 17.9 Å². The summed E-state index contributed by atoms with van der Waals surface area (Å²) in [7, 11) is 0. The Morgan fingerprint density at radius 2 is 1.74 bits per heavy atom. The van der Waals surface area contributed by atoms with Crippen LogP contribution in [0.15, 0.2) is 72.8 Å². The number of amides is 2. The maximum Gasteiger partial charge on any atom is 0.338 e. The Hall–Kier alpha value is -3.58. The number of ether oxygens (including phenoxy) is 1. The Morgan fingerprint density at radius 3 is 2.41 bits per heavy atom. The highest BCUT2D eigenvalue weighted by molar-refractivity contribution is 8.00. The molecule has 1 atom stereocenters. The number of carbonyl (C=O) groups is 3. The fourth-order valence-electron chi connectivity index (χ4n) is 3.82. The molecule has 3 aromatic rings. The van der Waals surface area contributed by atoms with E-state index in [1.807, 2.05) is 54.3 Å². The molecule has 0 aliphatic carbocycles. The number of hydrogen-bond acceptors (Lipinski definition) is 5. The Labute approximate surface area is 203 Å². The largest absolute Gasteiger partial charge is 0.462 e. The molecule has 1 aliphatic heterocycles. The topological polar surface area (TPSA) is 75.7 Å². The van der Waals surface area contributed by atoms with Crippen LogP contribution in [0.25, 0.3) is 0 Å². The number of nitrogens with zero attached hydrogens (tertiary/aromatic N) is 1. The molecule has 1 unspecified atom stereocenters. The minimum Gasteiger partial charge on any atom is -0.462 e. The van der Waals surface area contributed by atoms with Gasteiger partial charge in [-0.1, -0.05) is 42.5 Å². The van der Waals surface area contributed by atoms with E-state index in [0.717, 1.165) is 16.7 Å². The first-order chi connectivity index (χ1) is 16.5. The zero-order valence-electron chi connectivity index (χ0n) is 19.1. The molecule has 1 saturated heterocycles. The van der Waals surface area contributed by atoms with E-state index >= 15 is 0 Å². The number of nitrogens with one attached hydrogen (secondary N) is 1. The van der Waals surface area contributed by atoms with Gasteiger partial charge in [0, 0.05) is 17.8 Å². The van der Waals surface area contributed by atoms with Crippen molar-refractivity contribution in [1.29, 1.82) is 0 Å². The molecule has 7 heteroatoms. The van der Waals surface area contributed by atoms with Gasteiger partial charge in [0.25, 0.3) is 5.91 Å². The van der Waals surface area contributed by atoms with Crippen molar-refractivity contribution in [2.45, 2.75) is 25.8 Å². The SMILES string of the molecule is CCOC(=O)c1ccc(NC(=O)c2ccc(C3SCC(=O)N3Cc3ccccc3)cc2)c(C)c1. The van der Waals surface area contributed by atoms with Crippen molar-refractivity contribution in [2.75, 3.05) is 17.7 Å². The molecule has 4 rings (SSSR count). The number of anilines is 1. The van der Waals surface area contributed by atoms with E-state index < -0.39 is 0 Å². The monoisotopic (exact) mass is 474 g/mol. The average molecular weight is 475 g/mol. The van der Waals surface area contributed by atoms with Crippen molar-refractivity contribution in [3.8, 4) is 0 Å². The van der Waals surface area contributed by atoms with Gasteiger partial charge in [0.2, 0.25) is 5.91 Å². The molecule has 6 nitrogen and oxygen atoms in total. The third-order valence-electron chi connectivity index (χ3n) is 5.61. The van der Waals surface area contributed by atoms with Gasteiger partial charge in [0.15, 0.2) is 0 Å². The first kappa shape index (κ1) is 23.6. The summed E-state index contributed by atoms with van der Waals surface area (Å²) in [6.45, 7) is 4.45. The third kappa shape index (κ3) is 5.31. The number of thioether (sulfide) groups is 1. The van der Waals surface area contributed by atoms with Crippen LogP contribution in [-0.4, -0.2) is 35.0 Å². The van der Waals surface area contributed by atoms with Gasteiger partial charge in [-0.15, -0.1) is 11.8 Å². The second-order valence-corrected chi connectivity index (χ2v) is 9.07. The van der Waals surface area contributed by atoms with Gasteiger partial charge < -0.3 is 15.0 Å². The first-order valence-electron chi connectivity index (χ1n) is 11.1. The molecule has 0 bridgehead atoms. The molecule has 34 heavy (non-hydrogen) atoms. The molecule has 1 fully saturated rings. The van der Waals surface area contributed by atoms with Crippen LogP contribution in [0.3, 0.4) is 0 Å². The predicted octanol–water partition coefficient (Wildman–Crippen LogP) is 5.20. The number of carbonyl (C=O) groups excluding carboxylic acids is 3. The maximum absolute atomic E-state index is 12.8. The Bertz CT molecular complexity index is 1200. The third-order valence-corrected chi connectivity index (χ3v) is 6.86. The molecule has 0 radical (unpaired) electrons. The highest BCUT2D eigenvalue weighted by Gasteiger charge is 2.32. The molecule has 0 saturated carbocycles. The van der Waals surface area contributed by atoms with Crippen LogP contribution in [0.2, 0.25) is 0 Å². The summed E-state index contributed by atoms with van der Waals surface area (Å²) < 4.78 is 5.02. The van der Waals surface area contributed by atoms with Crippen molar-refractivity contribution < 1.29 is 19.1 Å². The first-order valence-corrected chi connectivity index (χ1v) is 12.1. The van der Waals surface area contributed by atoms with E-state index in [-0.39, 0.29) is 23.2 Å². The minimum absolute atomic E-state index is 0.0810. The van der Waals surface area contributed by atoms with Crippen molar-refractivity contribution >= 4 is 35.2 Å². The molecule has 1 heterocycles. The van der Waals surface area contributed by atoms with Gasteiger partial charge in [0.1, 0.15) is 5.37 Å². The van der Waals surface area contributed by atoms with Crippen LogP contribution in [0.1, 0.15) is 49.7 Å². The molecule has 2 amide bonds. The van der Waals surface area contributed by atoms with Gasteiger partial charge in [-0.3, -0.25) is 9.59 Å². The zero-order valence-corrected chi connectivity index (χ0v) is 19.9. The maximum atomic E-state index is 12.8. The second kappa shape index (κ2) is 10.6. The number of rotatable bonds is 7. The van der Waals surface area contributed by atoms with E-state index in [2.05, 4.69) is 5.32 Å². The van der Waals surface area contributed by atoms with Gasteiger partial charge in [-0.05, 0) is 60.9 Å². The lowest BCUT2D eigenvalue weighted by Gasteiger charge is -2.24. The summed E-state index contributed by atoms with van der Waals surface area (Å²) in [6.07, 6.45) is 0. The van der Waals surface area contributed by atoms with Gasteiger partial charge >= 0.3 is 5.97 Å². The molecule has 1 aliphatic rings. The standard InChI is InChI=1S/C27H26N2O4S/c1-3-33-27(32)22-13-14-23(18(2)15-22)28-25(31)20-9-11-21(12-10-20)26-29(24(30)17-34-26)16-19-7-5-4-6-8-19/h4-15,26H,3,16-17H2,1-2H3,(H,28,31). The predicted molar refractivity (Wildman–Crippen MR) is 134 cm³/mol. The van der Waals surface area contributed by atoms with Gasteiger partial charge in [-0.2, -0.15) is 0 Å². The van der Waals surface area contributed by atoms with E-state index in [1.54, 1.807) is 49.0 Å². The average Bonchev–Trinajstić information content (AvgIpc) is 3.21. The fraction of sp³-hybridized carbons (Fsp3) is 0.222. The number of benzene rings is 3. The van der Waals surface area contributed by atoms with Crippen LogP contribution in [0, 0.1) is 6.92 Å². The fourth-order valence-corrected chi connectivity index (χ4v) is 5.01. The summed E-state index contributed by atoms with van der Waals surface area (Å²) in [5, 5.41) is 2.82. The lowest BCUT2D eigenvalue weighted by Crippen LogP contribution is -2.27. The zero-order chi connectivity index (χ0) is 24.1. The summed E-state index contributed by atoms with van der Waals surface area (Å²) >= 11 is 1.59. The lowest BCUT2D eigenvalue weighted by molar-refractivity contribution is -0.128. The van der Waals surface area contributed by atoms with Crippen LogP contribution in [-0.2, 0) is 16.1 Å². The highest BCUT2D eigenvalue weighted by atomic mass is 32.2. The van der Waals surface area contributed by atoms with Crippen molar-refractivity contribution in [2.24, 2.45) is 0 Å². The molecule has 0 spiro atoms. The van der Waals surface area contributed by atoms with E-state index in [4.69, 9.17) is 4.74 Å². The normalized spacial score (nSPS) is 15.3. The van der Waals surface area contributed by atoms with Crippen molar-refractivity contribution in [3.05, 3.63) is 101 Å². The highest BCUT2D eigenvalue weighted by Crippen LogP contribution is 2.39. The summed E-state index contributed by atoms with van der Waals surface area (Å²) in [5.74, 6) is -0.0678. The summed E-state index contributed by atoms with van der Waals surface area (Å²) in [4.78, 5) is 39.1. The van der Waals surface area contributed by atoms with E-state index in [9.17, 15) is 14.4 Å². The molecule has 3 aromatic carbocycles. The lowest BCUT2D eigenvalue weighted by atomic mass is 10.1. The van der Waals surface area contributed by atoms with E-state index in [1.165, 1.54) is 0 Å². The van der Waals surface area contributed by atoms with Crippen LogP contribution in [0.4, 0.5) is 5.69 Å². The molecular weight excluding hydrogens is 448 g/mol. The number of esters is 1. The number of aryl methyl sites for hydroxylation is 1. The smallest absolute Gasteiger partial charge is 0.338 e. The Kier molecular flexibility index (Phi) is 7.33. The van der Waals surface area contributed by atoms with Crippen LogP contribution in [0.5, 0.6) is 0 Å². The van der Waals surface area contributed by atoms with E-state index in [0.29, 0.717) is 35.7 Å². The quantitative estimate of drug-likeness (QED) is 0.477. The van der Waals surface area contributed by atoms with Crippen LogP contribution < -0.4 is 5.32 Å². The van der Waals surface area contributed by atoms with Crippen molar-refractivity contribution in [1.82, 2.24) is 4.90 Å². The summed E-state index contributed by atoms with van der Waals surface area (Å²) in [5.41, 5.74) is 4.44.